The van der Waals surface area contributed by atoms with Gasteiger partial charge in [-0.15, -0.1) is 0 Å². The number of benzene rings is 1. The molecule has 1 aromatic rings. The number of rotatable bonds is 3. The molecular weight excluding hydrogens is 196 g/mol. The molecule has 1 rings (SSSR count). The lowest BCUT2D eigenvalue weighted by Crippen LogP contribution is -2.33. The molecule has 15 heavy (non-hydrogen) atoms. The van der Waals surface area contributed by atoms with Gasteiger partial charge in [0.1, 0.15) is 11.6 Å². The highest BCUT2D eigenvalue weighted by atomic mass is 19.1. The first kappa shape index (κ1) is 12.1. The van der Waals surface area contributed by atoms with Gasteiger partial charge >= 0.3 is 0 Å². The van der Waals surface area contributed by atoms with Crippen molar-refractivity contribution in [2.24, 2.45) is 11.7 Å². The molecule has 0 saturated heterocycles. The van der Waals surface area contributed by atoms with Crippen LogP contribution in [0.15, 0.2) is 18.2 Å². The predicted octanol–water partition coefficient (Wildman–Crippen LogP) is 3.05. The van der Waals surface area contributed by atoms with Crippen molar-refractivity contribution < 1.29 is 8.78 Å². The van der Waals surface area contributed by atoms with Crippen molar-refractivity contribution in [1.29, 1.82) is 0 Å². The van der Waals surface area contributed by atoms with E-state index in [1.807, 2.05) is 13.8 Å². The molecule has 1 aromatic carbocycles. The standard InChI is InChI=1S/C12H17F2N/c1-7(2)12(15)8(3)11-9(13)5-4-6-10(11)14/h4-8,12H,15H2,1-3H3. The van der Waals surface area contributed by atoms with Crippen molar-refractivity contribution in [3.63, 3.8) is 0 Å². The van der Waals surface area contributed by atoms with Gasteiger partial charge in [-0.2, -0.15) is 0 Å². The second-order valence-corrected chi connectivity index (χ2v) is 4.25. The Hall–Kier alpha value is -0.960. The first-order valence-electron chi connectivity index (χ1n) is 5.14. The molecule has 0 radical (unpaired) electrons. The monoisotopic (exact) mass is 213 g/mol. The van der Waals surface area contributed by atoms with Crippen LogP contribution < -0.4 is 5.73 Å². The van der Waals surface area contributed by atoms with Gasteiger partial charge in [0.25, 0.3) is 0 Å². The number of hydrogen-bond acceptors (Lipinski definition) is 1. The SMILES string of the molecule is CC(C)C(N)C(C)c1c(F)cccc1F. The molecule has 0 aliphatic rings. The third-order valence-electron chi connectivity index (χ3n) is 2.80. The molecule has 0 amide bonds. The molecule has 0 aromatic heterocycles. The van der Waals surface area contributed by atoms with E-state index in [1.54, 1.807) is 6.92 Å². The van der Waals surface area contributed by atoms with Crippen LogP contribution in [0.2, 0.25) is 0 Å². The van der Waals surface area contributed by atoms with Crippen LogP contribution in [-0.4, -0.2) is 6.04 Å². The maximum atomic E-state index is 13.4. The Morgan fingerprint density at radius 1 is 1.07 bits per heavy atom. The van der Waals surface area contributed by atoms with Gasteiger partial charge in [0, 0.05) is 17.5 Å². The van der Waals surface area contributed by atoms with E-state index in [0.717, 1.165) is 0 Å². The zero-order valence-corrected chi connectivity index (χ0v) is 9.30. The van der Waals surface area contributed by atoms with E-state index in [9.17, 15) is 8.78 Å². The van der Waals surface area contributed by atoms with Gasteiger partial charge in [-0.1, -0.05) is 26.8 Å². The third kappa shape index (κ3) is 2.53. The van der Waals surface area contributed by atoms with Crippen molar-refractivity contribution >= 4 is 0 Å². The minimum absolute atomic E-state index is 0.0960. The average molecular weight is 213 g/mol. The summed E-state index contributed by atoms with van der Waals surface area (Å²) in [6.45, 7) is 5.64. The summed E-state index contributed by atoms with van der Waals surface area (Å²) >= 11 is 0. The second kappa shape index (κ2) is 4.71. The Labute approximate surface area is 89.3 Å². The second-order valence-electron chi connectivity index (χ2n) is 4.25. The zero-order valence-electron chi connectivity index (χ0n) is 9.30. The van der Waals surface area contributed by atoms with Crippen LogP contribution in [0.4, 0.5) is 8.78 Å². The summed E-state index contributed by atoms with van der Waals surface area (Å²) in [4.78, 5) is 0. The van der Waals surface area contributed by atoms with E-state index in [2.05, 4.69) is 0 Å². The summed E-state index contributed by atoms with van der Waals surface area (Å²) in [5.41, 5.74) is 5.99. The Bertz CT molecular complexity index is 316. The van der Waals surface area contributed by atoms with Gasteiger partial charge in [0.05, 0.1) is 0 Å². The number of nitrogens with two attached hydrogens (primary N) is 1. The van der Waals surface area contributed by atoms with Crippen molar-refractivity contribution in [2.45, 2.75) is 32.7 Å². The smallest absolute Gasteiger partial charge is 0.129 e. The highest BCUT2D eigenvalue weighted by molar-refractivity contribution is 5.24. The summed E-state index contributed by atoms with van der Waals surface area (Å²) in [6, 6.07) is 3.66. The van der Waals surface area contributed by atoms with Crippen molar-refractivity contribution in [3.05, 3.63) is 35.4 Å². The molecular formula is C12H17F2N. The van der Waals surface area contributed by atoms with Gasteiger partial charge in [-0.05, 0) is 18.1 Å². The molecule has 2 N–H and O–H groups in total. The number of hydrogen-bond donors (Lipinski definition) is 1. The summed E-state index contributed by atoms with van der Waals surface area (Å²) in [6.07, 6.45) is 0. The Balaban J connectivity index is 3.05. The fraction of sp³-hybridized carbons (Fsp3) is 0.500. The first-order valence-corrected chi connectivity index (χ1v) is 5.14. The van der Waals surface area contributed by atoms with Crippen LogP contribution in [0, 0.1) is 17.6 Å². The molecule has 1 nitrogen and oxygen atoms in total. The van der Waals surface area contributed by atoms with E-state index in [0.29, 0.717) is 0 Å². The Kier molecular flexibility index (Phi) is 3.80. The van der Waals surface area contributed by atoms with Gasteiger partial charge in [0.15, 0.2) is 0 Å². The first-order chi connectivity index (χ1) is 6.95. The van der Waals surface area contributed by atoms with Gasteiger partial charge in [-0.3, -0.25) is 0 Å². The third-order valence-corrected chi connectivity index (χ3v) is 2.80. The molecule has 0 saturated carbocycles. The molecule has 0 aliphatic heterocycles. The fourth-order valence-corrected chi connectivity index (χ4v) is 1.72. The largest absolute Gasteiger partial charge is 0.327 e. The van der Waals surface area contributed by atoms with Crippen LogP contribution in [0.5, 0.6) is 0 Å². The molecule has 3 heteroatoms. The highest BCUT2D eigenvalue weighted by Crippen LogP contribution is 2.26. The van der Waals surface area contributed by atoms with Gasteiger partial charge in [-0.25, -0.2) is 8.78 Å². The molecule has 0 bridgehead atoms. The zero-order chi connectivity index (χ0) is 11.6. The van der Waals surface area contributed by atoms with Crippen molar-refractivity contribution in [2.75, 3.05) is 0 Å². The highest BCUT2D eigenvalue weighted by Gasteiger charge is 2.23. The molecule has 0 aliphatic carbocycles. The van der Waals surface area contributed by atoms with Crippen LogP contribution in [0.25, 0.3) is 0 Å². The predicted molar refractivity (Wildman–Crippen MR) is 57.6 cm³/mol. The molecule has 0 spiro atoms. The van der Waals surface area contributed by atoms with E-state index in [4.69, 9.17) is 5.73 Å². The van der Waals surface area contributed by atoms with Crippen LogP contribution in [-0.2, 0) is 0 Å². The minimum atomic E-state index is -0.515. The lowest BCUT2D eigenvalue weighted by molar-refractivity contribution is 0.410. The summed E-state index contributed by atoms with van der Waals surface area (Å²) in [7, 11) is 0. The molecule has 0 heterocycles. The quantitative estimate of drug-likeness (QED) is 0.820. The number of halogens is 2. The van der Waals surface area contributed by atoms with Crippen LogP contribution >= 0.6 is 0 Å². The van der Waals surface area contributed by atoms with E-state index >= 15 is 0 Å². The normalized spacial score (nSPS) is 15.4. The molecule has 2 unspecified atom stereocenters. The van der Waals surface area contributed by atoms with Gasteiger partial charge in [0.2, 0.25) is 0 Å². The van der Waals surface area contributed by atoms with Crippen molar-refractivity contribution in [3.8, 4) is 0 Å². The minimum Gasteiger partial charge on any atom is -0.327 e. The van der Waals surface area contributed by atoms with E-state index < -0.39 is 11.6 Å². The summed E-state index contributed by atoms with van der Waals surface area (Å²) in [5, 5.41) is 0. The summed E-state index contributed by atoms with van der Waals surface area (Å²) in [5.74, 6) is -1.15. The van der Waals surface area contributed by atoms with E-state index in [1.165, 1.54) is 18.2 Å². The maximum absolute atomic E-state index is 13.4. The summed E-state index contributed by atoms with van der Waals surface area (Å²) < 4.78 is 26.9. The molecule has 2 atom stereocenters. The maximum Gasteiger partial charge on any atom is 0.129 e. The Morgan fingerprint density at radius 2 is 1.53 bits per heavy atom. The lowest BCUT2D eigenvalue weighted by atomic mass is 9.86. The molecule has 0 fully saturated rings. The lowest BCUT2D eigenvalue weighted by Gasteiger charge is -2.24. The van der Waals surface area contributed by atoms with Crippen molar-refractivity contribution in [1.82, 2.24) is 0 Å². The average Bonchev–Trinajstić information content (AvgIpc) is 2.15. The van der Waals surface area contributed by atoms with E-state index in [-0.39, 0.29) is 23.4 Å². The Morgan fingerprint density at radius 3 is 1.93 bits per heavy atom. The van der Waals surface area contributed by atoms with Crippen LogP contribution in [0.1, 0.15) is 32.3 Å². The topological polar surface area (TPSA) is 26.0 Å². The molecule has 84 valence electrons. The van der Waals surface area contributed by atoms with Gasteiger partial charge < -0.3 is 5.73 Å². The van der Waals surface area contributed by atoms with Crippen LogP contribution in [0.3, 0.4) is 0 Å². The fourth-order valence-electron chi connectivity index (χ4n) is 1.72.